The minimum Gasteiger partial charge on any atom is -0.342 e. The maximum atomic E-state index is 12.2. The van der Waals surface area contributed by atoms with Crippen LogP contribution in [-0.2, 0) is 11.2 Å². The van der Waals surface area contributed by atoms with Gasteiger partial charge in [0.1, 0.15) is 0 Å². The number of piperidine rings is 1. The molecule has 0 bridgehead atoms. The normalized spacial score (nSPS) is 22.6. The SMILES string of the molecule is O=C(CNC1CCCc2sc(Cl)cc21)N1CCCCC1. The molecule has 1 unspecified atom stereocenters. The minimum atomic E-state index is 0.248. The van der Waals surface area contributed by atoms with Crippen LogP contribution in [0.2, 0.25) is 4.34 Å². The van der Waals surface area contributed by atoms with E-state index in [1.807, 2.05) is 4.90 Å². The Morgan fingerprint density at radius 3 is 2.95 bits per heavy atom. The zero-order valence-electron chi connectivity index (χ0n) is 11.7. The molecular formula is C15H21ClN2OS. The summed E-state index contributed by atoms with van der Waals surface area (Å²) in [5, 5.41) is 3.45. The van der Waals surface area contributed by atoms with E-state index in [1.54, 1.807) is 11.3 Å². The van der Waals surface area contributed by atoms with Gasteiger partial charge in [-0.1, -0.05) is 11.6 Å². The van der Waals surface area contributed by atoms with Gasteiger partial charge in [0.2, 0.25) is 5.91 Å². The quantitative estimate of drug-likeness (QED) is 0.928. The van der Waals surface area contributed by atoms with E-state index < -0.39 is 0 Å². The molecule has 1 atom stereocenters. The van der Waals surface area contributed by atoms with Crippen LogP contribution in [0.1, 0.15) is 48.6 Å². The lowest BCUT2D eigenvalue weighted by Crippen LogP contribution is -2.42. The summed E-state index contributed by atoms with van der Waals surface area (Å²) >= 11 is 7.80. The Bertz CT molecular complexity index is 482. The van der Waals surface area contributed by atoms with Crippen molar-refractivity contribution in [1.29, 1.82) is 0 Å². The van der Waals surface area contributed by atoms with E-state index in [0.717, 1.165) is 43.1 Å². The van der Waals surface area contributed by atoms with E-state index in [2.05, 4.69) is 11.4 Å². The molecule has 3 nitrogen and oxygen atoms in total. The number of likely N-dealkylation sites (tertiary alicyclic amines) is 1. The molecule has 1 amide bonds. The van der Waals surface area contributed by atoms with Gasteiger partial charge in [-0.05, 0) is 50.2 Å². The topological polar surface area (TPSA) is 32.3 Å². The Balaban J connectivity index is 1.57. The average molecular weight is 313 g/mol. The molecule has 2 aliphatic rings. The smallest absolute Gasteiger partial charge is 0.236 e. The summed E-state index contributed by atoms with van der Waals surface area (Å²) in [4.78, 5) is 15.6. The van der Waals surface area contributed by atoms with Crippen LogP contribution in [0.15, 0.2) is 6.07 Å². The van der Waals surface area contributed by atoms with Crippen molar-refractivity contribution in [2.24, 2.45) is 0 Å². The van der Waals surface area contributed by atoms with E-state index in [0.29, 0.717) is 12.6 Å². The number of nitrogens with zero attached hydrogens (tertiary/aromatic N) is 1. The molecule has 1 N–H and O–H groups in total. The summed E-state index contributed by atoms with van der Waals surface area (Å²) in [6.07, 6.45) is 6.98. The van der Waals surface area contributed by atoms with Crippen molar-refractivity contribution in [1.82, 2.24) is 10.2 Å². The number of hydrogen-bond donors (Lipinski definition) is 1. The highest BCUT2D eigenvalue weighted by Crippen LogP contribution is 2.37. The first kappa shape index (κ1) is 14.4. The summed E-state index contributed by atoms with van der Waals surface area (Å²) in [6, 6.07) is 2.38. The third kappa shape index (κ3) is 3.18. The van der Waals surface area contributed by atoms with Crippen molar-refractivity contribution < 1.29 is 4.79 Å². The summed E-state index contributed by atoms with van der Waals surface area (Å²) in [5.41, 5.74) is 1.32. The summed E-state index contributed by atoms with van der Waals surface area (Å²) < 4.78 is 0.867. The maximum absolute atomic E-state index is 12.2. The van der Waals surface area contributed by atoms with Gasteiger partial charge in [0.05, 0.1) is 10.9 Å². The average Bonchev–Trinajstić information content (AvgIpc) is 2.86. The van der Waals surface area contributed by atoms with Gasteiger partial charge in [0.25, 0.3) is 0 Å². The van der Waals surface area contributed by atoms with Gasteiger partial charge in [0, 0.05) is 24.0 Å². The Morgan fingerprint density at radius 2 is 2.15 bits per heavy atom. The van der Waals surface area contributed by atoms with Gasteiger partial charge in [-0.2, -0.15) is 0 Å². The molecular weight excluding hydrogens is 292 g/mol. The second kappa shape index (κ2) is 6.46. The van der Waals surface area contributed by atoms with Crippen LogP contribution in [0.5, 0.6) is 0 Å². The van der Waals surface area contributed by atoms with Crippen molar-refractivity contribution in [2.75, 3.05) is 19.6 Å². The van der Waals surface area contributed by atoms with Crippen molar-refractivity contribution in [3.8, 4) is 0 Å². The Labute approximate surface area is 129 Å². The van der Waals surface area contributed by atoms with Gasteiger partial charge in [-0.3, -0.25) is 4.79 Å². The Hall–Kier alpha value is -0.580. The zero-order valence-corrected chi connectivity index (χ0v) is 13.2. The number of fused-ring (bicyclic) bond motifs is 1. The molecule has 0 radical (unpaired) electrons. The summed E-state index contributed by atoms with van der Waals surface area (Å²) in [5.74, 6) is 0.248. The second-order valence-corrected chi connectivity index (χ2v) is 7.46. The van der Waals surface area contributed by atoms with E-state index >= 15 is 0 Å². The van der Waals surface area contributed by atoms with Crippen molar-refractivity contribution in [3.63, 3.8) is 0 Å². The molecule has 0 saturated carbocycles. The number of thiophene rings is 1. The minimum absolute atomic E-state index is 0.248. The lowest BCUT2D eigenvalue weighted by atomic mass is 9.94. The lowest BCUT2D eigenvalue weighted by Gasteiger charge is -2.29. The zero-order chi connectivity index (χ0) is 13.9. The van der Waals surface area contributed by atoms with Crippen molar-refractivity contribution in [2.45, 2.75) is 44.6 Å². The molecule has 1 aliphatic heterocycles. The van der Waals surface area contributed by atoms with Crippen LogP contribution in [0.4, 0.5) is 0 Å². The monoisotopic (exact) mass is 312 g/mol. The third-order valence-corrected chi connectivity index (χ3v) is 5.63. The highest BCUT2D eigenvalue weighted by molar-refractivity contribution is 7.16. The van der Waals surface area contributed by atoms with Crippen LogP contribution in [0, 0.1) is 0 Å². The molecule has 110 valence electrons. The molecule has 1 aromatic heterocycles. The fraction of sp³-hybridized carbons (Fsp3) is 0.667. The van der Waals surface area contributed by atoms with E-state index in [1.165, 1.54) is 23.3 Å². The fourth-order valence-corrected chi connectivity index (χ4v) is 4.58. The predicted octanol–water partition coefficient (Wildman–Crippen LogP) is 3.38. The molecule has 1 aliphatic carbocycles. The Morgan fingerprint density at radius 1 is 1.35 bits per heavy atom. The second-order valence-electron chi connectivity index (χ2n) is 5.70. The first-order valence-electron chi connectivity index (χ1n) is 7.53. The highest BCUT2D eigenvalue weighted by atomic mass is 35.5. The van der Waals surface area contributed by atoms with Gasteiger partial charge in [-0.25, -0.2) is 0 Å². The van der Waals surface area contributed by atoms with Crippen LogP contribution < -0.4 is 5.32 Å². The lowest BCUT2D eigenvalue weighted by molar-refractivity contribution is -0.131. The van der Waals surface area contributed by atoms with Gasteiger partial charge < -0.3 is 10.2 Å². The van der Waals surface area contributed by atoms with Crippen LogP contribution in [0.3, 0.4) is 0 Å². The molecule has 0 aromatic carbocycles. The third-order valence-electron chi connectivity index (χ3n) is 4.29. The van der Waals surface area contributed by atoms with Crippen molar-refractivity contribution >= 4 is 28.8 Å². The van der Waals surface area contributed by atoms with Crippen molar-refractivity contribution in [3.05, 3.63) is 20.8 Å². The van der Waals surface area contributed by atoms with Gasteiger partial charge in [-0.15, -0.1) is 11.3 Å². The molecule has 0 spiro atoms. The molecule has 1 fully saturated rings. The number of rotatable bonds is 3. The van der Waals surface area contributed by atoms with Gasteiger partial charge >= 0.3 is 0 Å². The van der Waals surface area contributed by atoms with Gasteiger partial charge in [0.15, 0.2) is 0 Å². The molecule has 3 rings (SSSR count). The van der Waals surface area contributed by atoms with Crippen LogP contribution in [-0.4, -0.2) is 30.4 Å². The maximum Gasteiger partial charge on any atom is 0.236 e. The van der Waals surface area contributed by atoms with E-state index in [9.17, 15) is 4.79 Å². The highest BCUT2D eigenvalue weighted by Gasteiger charge is 2.24. The Kier molecular flexibility index (Phi) is 4.64. The number of nitrogens with one attached hydrogen (secondary N) is 1. The molecule has 5 heteroatoms. The number of amides is 1. The summed E-state index contributed by atoms with van der Waals surface area (Å²) in [6.45, 7) is 2.32. The predicted molar refractivity (Wildman–Crippen MR) is 83.4 cm³/mol. The number of carbonyl (C=O) groups is 1. The first-order valence-corrected chi connectivity index (χ1v) is 8.73. The van der Waals surface area contributed by atoms with E-state index in [4.69, 9.17) is 11.6 Å². The number of aryl methyl sites for hydroxylation is 1. The standard InChI is InChI=1S/C15H21ClN2OS/c16-14-9-11-12(5-4-6-13(11)20-14)17-10-15(19)18-7-2-1-3-8-18/h9,12,17H,1-8,10H2. The number of halogens is 1. The first-order chi connectivity index (χ1) is 9.74. The fourth-order valence-electron chi connectivity index (χ4n) is 3.20. The van der Waals surface area contributed by atoms with Crippen LogP contribution >= 0.6 is 22.9 Å². The molecule has 2 heterocycles. The summed E-state index contributed by atoms with van der Waals surface area (Å²) in [7, 11) is 0. The largest absolute Gasteiger partial charge is 0.342 e. The molecule has 1 saturated heterocycles. The number of hydrogen-bond acceptors (Lipinski definition) is 3. The van der Waals surface area contributed by atoms with E-state index in [-0.39, 0.29) is 5.91 Å². The number of carbonyl (C=O) groups excluding carboxylic acids is 1. The van der Waals surface area contributed by atoms with Crippen LogP contribution in [0.25, 0.3) is 0 Å². The molecule has 20 heavy (non-hydrogen) atoms. The molecule has 1 aromatic rings.